The number of rotatable bonds is 1. The van der Waals surface area contributed by atoms with Crippen molar-refractivity contribution in [2.45, 2.75) is 10.1 Å². The molecule has 1 aliphatic carbocycles. The van der Waals surface area contributed by atoms with Gasteiger partial charge >= 0.3 is 0 Å². The number of hydrogen-bond acceptors (Lipinski definition) is 3. The number of nitrogens with one attached hydrogen (secondary N) is 1. The van der Waals surface area contributed by atoms with Gasteiger partial charge in [0.1, 0.15) is 0 Å². The normalized spacial score (nSPS) is 18.1. The average Bonchev–Trinajstić information content (AvgIpc) is 2.84. The lowest BCUT2D eigenvalue weighted by atomic mass is 10.0. The molecule has 1 N–H and O–H groups in total. The molecule has 3 heteroatoms. The van der Waals surface area contributed by atoms with Crippen LogP contribution >= 0.6 is 24.0 Å². The van der Waals surface area contributed by atoms with Gasteiger partial charge in [-0.2, -0.15) is 0 Å². The summed E-state index contributed by atoms with van der Waals surface area (Å²) in [5, 5.41) is 3.87. The predicted octanol–water partition coefficient (Wildman–Crippen LogP) is 6.09. The van der Waals surface area contributed by atoms with Gasteiger partial charge in [-0.25, -0.2) is 0 Å². The quantitative estimate of drug-likeness (QED) is 0.529. The van der Waals surface area contributed by atoms with Gasteiger partial charge in [-0.05, 0) is 17.7 Å². The van der Waals surface area contributed by atoms with E-state index in [4.69, 9.17) is 12.2 Å². The minimum Gasteiger partial charge on any atom is -0.354 e. The molecule has 0 fully saturated rings. The molecule has 0 saturated carbocycles. The number of benzene rings is 3. The van der Waals surface area contributed by atoms with E-state index in [0.29, 0.717) is 0 Å². The van der Waals surface area contributed by atoms with Crippen LogP contribution in [0, 0.1) is 0 Å². The molecule has 0 bridgehead atoms. The van der Waals surface area contributed by atoms with Gasteiger partial charge < -0.3 is 5.32 Å². The van der Waals surface area contributed by atoms with E-state index in [2.05, 4.69) is 84.2 Å². The predicted molar refractivity (Wildman–Crippen MR) is 110 cm³/mol. The first kappa shape index (κ1) is 14.9. The minimum atomic E-state index is 0.187. The van der Waals surface area contributed by atoms with Gasteiger partial charge in [-0.3, -0.25) is 0 Å². The molecule has 0 spiro atoms. The Kier molecular flexibility index (Phi) is 3.51. The first-order valence-electron chi connectivity index (χ1n) is 8.29. The summed E-state index contributed by atoms with van der Waals surface area (Å²) in [5.74, 6) is 0. The third-order valence-corrected chi connectivity index (χ3v) is 6.50. The highest BCUT2D eigenvalue weighted by Crippen LogP contribution is 2.52. The standard InChI is InChI=1S/C22H15NS2/c24-21-16-11-5-4-10-15(16)20-19(21)22(14-8-2-1-3-9-14)25-18-13-7-6-12-17(18)23-20/h1-13,22-23H/t22-/m0/s1. The molecule has 0 radical (unpaired) electrons. The second kappa shape index (κ2) is 5.87. The van der Waals surface area contributed by atoms with Crippen LogP contribution in [0.1, 0.15) is 21.9 Å². The maximum atomic E-state index is 5.91. The van der Waals surface area contributed by atoms with Crippen LogP contribution in [0.2, 0.25) is 0 Å². The Bertz CT molecular complexity index is 1020. The van der Waals surface area contributed by atoms with Crippen LogP contribution in [0.5, 0.6) is 0 Å². The van der Waals surface area contributed by atoms with Crippen molar-refractivity contribution in [3.8, 4) is 0 Å². The Morgan fingerprint density at radius 2 is 1.44 bits per heavy atom. The zero-order chi connectivity index (χ0) is 16.8. The summed E-state index contributed by atoms with van der Waals surface area (Å²) < 4.78 is 0. The van der Waals surface area contributed by atoms with Crippen LogP contribution in [0.15, 0.2) is 89.3 Å². The van der Waals surface area contributed by atoms with Gasteiger partial charge in [0.25, 0.3) is 0 Å². The molecule has 120 valence electrons. The number of para-hydroxylation sites is 1. The number of fused-ring (bicyclic) bond motifs is 3. The van der Waals surface area contributed by atoms with Gasteiger partial charge in [-0.1, -0.05) is 78.9 Å². The van der Waals surface area contributed by atoms with Crippen molar-refractivity contribution >= 4 is 40.2 Å². The van der Waals surface area contributed by atoms with Crippen molar-refractivity contribution in [2.24, 2.45) is 0 Å². The molecule has 0 saturated heterocycles. The summed E-state index contributed by atoms with van der Waals surface area (Å²) in [6.45, 7) is 0. The third kappa shape index (κ3) is 2.35. The van der Waals surface area contributed by atoms with Gasteiger partial charge in [0.05, 0.1) is 21.5 Å². The van der Waals surface area contributed by atoms with Gasteiger partial charge in [0.2, 0.25) is 0 Å². The fraction of sp³-hybridized carbons (Fsp3) is 0.0455. The van der Waals surface area contributed by atoms with Crippen molar-refractivity contribution in [3.63, 3.8) is 0 Å². The Labute approximate surface area is 156 Å². The largest absolute Gasteiger partial charge is 0.354 e. The van der Waals surface area contributed by atoms with Crippen molar-refractivity contribution in [1.29, 1.82) is 0 Å². The van der Waals surface area contributed by atoms with E-state index in [1.54, 1.807) is 0 Å². The molecule has 0 aromatic heterocycles. The molecule has 25 heavy (non-hydrogen) atoms. The van der Waals surface area contributed by atoms with E-state index in [-0.39, 0.29) is 5.25 Å². The second-order valence-electron chi connectivity index (χ2n) is 6.19. The van der Waals surface area contributed by atoms with Crippen molar-refractivity contribution in [1.82, 2.24) is 0 Å². The third-order valence-electron chi connectivity index (χ3n) is 4.71. The highest BCUT2D eigenvalue weighted by atomic mass is 32.2. The molecule has 5 rings (SSSR count). The summed E-state index contributed by atoms with van der Waals surface area (Å²) in [6, 6.07) is 27.6. The fourth-order valence-corrected chi connectivity index (χ4v) is 5.32. The molecule has 3 aromatic carbocycles. The summed E-state index contributed by atoms with van der Waals surface area (Å²) >= 11 is 7.78. The molecule has 3 aromatic rings. The SMILES string of the molecule is S=C1C2=C(Nc3ccccc3S[C@H]2c2ccccc2)c2ccccc21. The van der Waals surface area contributed by atoms with E-state index in [9.17, 15) is 0 Å². The monoisotopic (exact) mass is 357 g/mol. The summed E-state index contributed by atoms with van der Waals surface area (Å²) in [7, 11) is 0. The molecular formula is C22H15NS2. The average molecular weight is 358 g/mol. The van der Waals surface area contributed by atoms with E-state index in [1.165, 1.54) is 21.6 Å². The van der Waals surface area contributed by atoms with E-state index in [0.717, 1.165) is 21.8 Å². The maximum absolute atomic E-state index is 5.91. The molecule has 1 heterocycles. The van der Waals surface area contributed by atoms with Crippen molar-refractivity contribution in [2.75, 3.05) is 5.32 Å². The lowest BCUT2D eigenvalue weighted by molar-refractivity contribution is 1.19. The lowest BCUT2D eigenvalue weighted by Crippen LogP contribution is -2.06. The number of hydrogen-bond donors (Lipinski definition) is 1. The summed E-state index contributed by atoms with van der Waals surface area (Å²) in [4.78, 5) is 2.22. The molecule has 0 unspecified atom stereocenters. The Hall–Kier alpha value is -2.36. The maximum Gasteiger partial charge on any atom is 0.0629 e. The highest BCUT2D eigenvalue weighted by Gasteiger charge is 2.35. The summed E-state index contributed by atoms with van der Waals surface area (Å²) in [5.41, 5.74) is 7.19. The highest BCUT2D eigenvalue weighted by molar-refractivity contribution is 8.00. The smallest absolute Gasteiger partial charge is 0.0629 e. The van der Waals surface area contributed by atoms with Gasteiger partial charge in [0, 0.05) is 21.6 Å². The van der Waals surface area contributed by atoms with Crippen LogP contribution in [0.4, 0.5) is 5.69 Å². The Morgan fingerprint density at radius 3 is 2.28 bits per heavy atom. The molecule has 0 amide bonds. The zero-order valence-electron chi connectivity index (χ0n) is 13.4. The van der Waals surface area contributed by atoms with Gasteiger partial charge in [0.15, 0.2) is 0 Å². The minimum absolute atomic E-state index is 0.187. The topological polar surface area (TPSA) is 12.0 Å². The lowest BCUT2D eigenvalue weighted by Gasteiger charge is -2.18. The van der Waals surface area contributed by atoms with Crippen LogP contribution in [0.25, 0.3) is 5.70 Å². The van der Waals surface area contributed by atoms with Crippen LogP contribution in [0.3, 0.4) is 0 Å². The molecule has 2 aliphatic rings. The Morgan fingerprint density at radius 1 is 0.760 bits per heavy atom. The van der Waals surface area contributed by atoms with E-state index < -0.39 is 0 Å². The second-order valence-corrected chi connectivity index (χ2v) is 7.75. The zero-order valence-corrected chi connectivity index (χ0v) is 15.0. The van der Waals surface area contributed by atoms with Crippen molar-refractivity contribution < 1.29 is 0 Å². The Balaban J connectivity index is 1.76. The van der Waals surface area contributed by atoms with E-state index in [1.807, 2.05) is 11.8 Å². The number of thioether (sulfide) groups is 1. The fourth-order valence-electron chi connectivity index (χ4n) is 3.54. The molecule has 1 atom stereocenters. The first-order valence-corrected chi connectivity index (χ1v) is 9.57. The number of thiocarbonyl (C=S) groups is 1. The van der Waals surface area contributed by atoms with Crippen LogP contribution in [-0.2, 0) is 0 Å². The van der Waals surface area contributed by atoms with Crippen molar-refractivity contribution in [3.05, 3.63) is 101 Å². The van der Waals surface area contributed by atoms with Crippen LogP contribution < -0.4 is 5.32 Å². The first-order chi connectivity index (χ1) is 12.3. The summed E-state index contributed by atoms with van der Waals surface area (Å²) in [6.07, 6.45) is 0. The molecule has 1 nitrogen and oxygen atoms in total. The van der Waals surface area contributed by atoms with E-state index >= 15 is 0 Å². The molecular weight excluding hydrogens is 342 g/mol. The number of anilines is 1. The van der Waals surface area contributed by atoms with Crippen LogP contribution in [-0.4, -0.2) is 4.86 Å². The van der Waals surface area contributed by atoms with Gasteiger partial charge in [-0.15, -0.1) is 11.8 Å². The molecule has 1 aliphatic heterocycles.